The molecular formula is C19H22ClN3S. The van der Waals surface area contributed by atoms with E-state index in [2.05, 4.69) is 12.2 Å². The highest BCUT2D eigenvalue weighted by Crippen LogP contribution is 2.32. The van der Waals surface area contributed by atoms with Crippen LogP contribution in [0.4, 0.5) is 5.82 Å². The van der Waals surface area contributed by atoms with Gasteiger partial charge in [-0.05, 0) is 49.5 Å². The van der Waals surface area contributed by atoms with E-state index in [0.717, 1.165) is 40.8 Å². The Morgan fingerprint density at radius 1 is 1.17 bits per heavy atom. The summed E-state index contributed by atoms with van der Waals surface area (Å²) in [4.78, 5) is 9.77. The minimum atomic E-state index is 0.503. The molecule has 2 aliphatic rings. The van der Waals surface area contributed by atoms with Crippen LogP contribution in [0.15, 0.2) is 24.3 Å². The molecule has 24 heavy (non-hydrogen) atoms. The maximum Gasteiger partial charge on any atom is 0.161 e. The van der Waals surface area contributed by atoms with Gasteiger partial charge < -0.3 is 5.32 Å². The summed E-state index contributed by atoms with van der Waals surface area (Å²) in [5.74, 6) is 4.91. The number of thioether (sulfide) groups is 1. The summed E-state index contributed by atoms with van der Waals surface area (Å²) in [7, 11) is 0. The maximum absolute atomic E-state index is 6.16. The highest BCUT2D eigenvalue weighted by molar-refractivity contribution is 7.99. The van der Waals surface area contributed by atoms with Gasteiger partial charge in [0, 0.05) is 33.6 Å². The van der Waals surface area contributed by atoms with E-state index in [0.29, 0.717) is 12.0 Å². The van der Waals surface area contributed by atoms with E-state index in [1.165, 1.54) is 29.9 Å². The standard InChI is InChI=1S/C19H22ClN3S/c1-12-10-24-11-17(12)22-19-15-7-2-3-8-16(15)21-18(23-19)13-5-4-6-14(20)9-13/h4-6,9,12,17H,2-3,7-8,10-11H2,1H3,(H,21,22,23). The first-order valence-electron chi connectivity index (χ1n) is 8.71. The smallest absolute Gasteiger partial charge is 0.161 e. The van der Waals surface area contributed by atoms with E-state index >= 15 is 0 Å². The minimum absolute atomic E-state index is 0.503. The maximum atomic E-state index is 6.16. The molecule has 1 N–H and O–H groups in total. The number of anilines is 1. The van der Waals surface area contributed by atoms with Crippen LogP contribution in [0.1, 0.15) is 31.0 Å². The molecule has 126 valence electrons. The first-order chi connectivity index (χ1) is 11.7. The molecule has 0 saturated carbocycles. The fourth-order valence-electron chi connectivity index (χ4n) is 3.49. The number of aromatic nitrogens is 2. The van der Waals surface area contributed by atoms with Crippen LogP contribution in [0, 0.1) is 5.92 Å². The quantitative estimate of drug-likeness (QED) is 0.850. The zero-order valence-corrected chi connectivity index (χ0v) is 15.5. The number of nitrogens with zero attached hydrogens (tertiary/aromatic N) is 2. The van der Waals surface area contributed by atoms with Gasteiger partial charge in [-0.3, -0.25) is 0 Å². The largest absolute Gasteiger partial charge is 0.366 e. The number of hydrogen-bond acceptors (Lipinski definition) is 4. The third-order valence-corrected chi connectivity index (χ3v) is 6.54. The van der Waals surface area contributed by atoms with Crippen LogP contribution in [0.5, 0.6) is 0 Å². The van der Waals surface area contributed by atoms with E-state index in [4.69, 9.17) is 21.6 Å². The molecular weight excluding hydrogens is 338 g/mol. The SMILES string of the molecule is CC1CSCC1Nc1nc(-c2cccc(Cl)c2)nc2c1CCCC2. The van der Waals surface area contributed by atoms with Crippen molar-refractivity contribution in [2.75, 3.05) is 16.8 Å². The van der Waals surface area contributed by atoms with Crippen LogP contribution in [0.3, 0.4) is 0 Å². The molecule has 0 radical (unpaired) electrons. The Kier molecular flexibility index (Phi) is 4.68. The number of hydrogen-bond donors (Lipinski definition) is 1. The molecule has 1 aliphatic heterocycles. The molecule has 1 aliphatic carbocycles. The van der Waals surface area contributed by atoms with E-state index in [-0.39, 0.29) is 0 Å². The van der Waals surface area contributed by atoms with Crippen molar-refractivity contribution < 1.29 is 0 Å². The van der Waals surface area contributed by atoms with Crippen LogP contribution in [-0.4, -0.2) is 27.5 Å². The molecule has 1 saturated heterocycles. The fraction of sp³-hybridized carbons (Fsp3) is 0.474. The van der Waals surface area contributed by atoms with E-state index < -0.39 is 0 Å². The lowest BCUT2D eigenvalue weighted by atomic mass is 9.95. The molecule has 1 aromatic carbocycles. The molecule has 0 spiro atoms. The minimum Gasteiger partial charge on any atom is -0.366 e. The highest BCUT2D eigenvalue weighted by atomic mass is 35.5. The van der Waals surface area contributed by atoms with Crippen molar-refractivity contribution >= 4 is 29.2 Å². The summed E-state index contributed by atoms with van der Waals surface area (Å²) >= 11 is 8.19. The number of nitrogens with one attached hydrogen (secondary N) is 1. The number of benzene rings is 1. The van der Waals surface area contributed by atoms with Crippen LogP contribution in [0.25, 0.3) is 11.4 Å². The third kappa shape index (κ3) is 3.27. The van der Waals surface area contributed by atoms with Crippen molar-refractivity contribution in [2.24, 2.45) is 5.92 Å². The topological polar surface area (TPSA) is 37.8 Å². The lowest BCUT2D eigenvalue weighted by molar-refractivity contribution is 0.593. The predicted octanol–water partition coefficient (Wildman–Crippen LogP) is 4.84. The van der Waals surface area contributed by atoms with Crippen LogP contribution < -0.4 is 5.32 Å². The Morgan fingerprint density at radius 2 is 2.04 bits per heavy atom. The summed E-state index contributed by atoms with van der Waals surface area (Å²) in [6, 6.07) is 8.34. The van der Waals surface area contributed by atoms with Gasteiger partial charge in [0.1, 0.15) is 5.82 Å². The Hall–Kier alpha value is -1.26. The summed E-state index contributed by atoms with van der Waals surface area (Å²) in [5.41, 5.74) is 3.54. The van der Waals surface area contributed by atoms with Crippen LogP contribution in [0.2, 0.25) is 5.02 Å². The number of fused-ring (bicyclic) bond motifs is 1. The number of aryl methyl sites for hydroxylation is 1. The first-order valence-corrected chi connectivity index (χ1v) is 10.2. The highest BCUT2D eigenvalue weighted by Gasteiger charge is 2.26. The van der Waals surface area contributed by atoms with Crippen molar-refractivity contribution in [1.29, 1.82) is 0 Å². The van der Waals surface area contributed by atoms with Gasteiger partial charge in [0.15, 0.2) is 5.82 Å². The van der Waals surface area contributed by atoms with Gasteiger partial charge in [0.05, 0.1) is 0 Å². The van der Waals surface area contributed by atoms with Gasteiger partial charge in [-0.1, -0.05) is 30.7 Å². The molecule has 1 aromatic heterocycles. The van der Waals surface area contributed by atoms with Gasteiger partial charge in [0.25, 0.3) is 0 Å². The van der Waals surface area contributed by atoms with Crippen molar-refractivity contribution in [1.82, 2.24) is 9.97 Å². The van der Waals surface area contributed by atoms with E-state index in [1.54, 1.807) is 0 Å². The molecule has 5 heteroatoms. The molecule has 2 aromatic rings. The van der Waals surface area contributed by atoms with Crippen molar-refractivity contribution in [2.45, 2.75) is 38.6 Å². The Balaban J connectivity index is 1.74. The number of rotatable bonds is 3. The lowest BCUT2D eigenvalue weighted by Gasteiger charge is -2.23. The Bertz CT molecular complexity index is 749. The van der Waals surface area contributed by atoms with E-state index in [1.807, 2.05) is 36.0 Å². The average molecular weight is 360 g/mol. The van der Waals surface area contributed by atoms with Gasteiger partial charge in [-0.25, -0.2) is 9.97 Å². The molecule has 0 bridgehead atoms. The summed E-state index contributed by atoms with van der Waals surface area (Å²) in [6.45, 7) is 2.32. The molecule has 1 fully saturated rings. The van der Waals surface area contributed by atoms with Crippen molar-refractivity contribution in [3.05, 3.63) is 40.5 Å². The Labute approximate surface area is 152 Å². The van der Waals surface area contributed by atoms with E-state index in [9.17, 15) is 0 Å². The molecule has 4 rings (SSSR count). The normalized spacial score (nSPS) is 23.1. The molecule has 2 atom stereocenters. The second-order valence-electron chi connectivity index (χ2n) is 6.80. The second kappa shape index (κ2) is 6.93. The Morgan fingerprint density at radius 3 is 2.83 bits per heavy atom. The molecule has 2 heterocycles. The second-order valence-corrected chi connectivity index (χ2v) is 8.32. The number of halogens is 1. The predicted molar refractivity (Wildman–Crippen MR) is 103 cm³/mol. The average Bonchev–Trinajstić information content (AvgIpc) is 3.00. The van der Waals surface area contributed by atoms with Gasteiger partial charge in [-0.2, -0.15) is 11.8 Å². The lowest BCUT2D eigenvalue weighted by Crippen LogP contribution is -2.28. The van der Waals surface area contributed by atoms with Crippen molar-refractivity contribution in [3.63, 3.8) is 0 Å². The zero-order chi connectivity index (χ0) is 16.5. The third-order valence-electron chi connectivity index (χ3n) is 4.95. The summed E-state index contributed by atoms with van der Waals surface area (Å²) in [6.07, 6.45) is 4.58. The van der Waals surface area contributed by atoms with Crippen LogP contribution >= 0.6 is 23.4 Å². The summed E-state index contributed by atoms with van der Waals surface area (Å²) in [5, 5.41) is 4.46. The zero-order valence-electron chi connectivity index (χ0n) is 13.9. The van der Waals surface area contributed by atoms with Gasteiger partial charge >= 0.3 is 0 Å². The van der Waals surface area contributed by atoms with Crippen LogP contribution in [-0.2, 0) is 12.8 Å². The molecule has 2 unspecified atom stereocenters. The van der Waals surface area contributed by atoms with Gasteiger partial charge in [-0.15, -0.1) is 0 Å². The fourth-order valence-corrected chi connectivity index (χ4v) is 5.09. The van der Waals surface area contributed by atoms with Crippen molar-refractivity contribution in [3.8, 4) is 11.4 Å². The molecule has 3 nitrogen and oxygen atoms in total. The van der Waals surface area contributed by atoms with Gasteiger partial charge in [0.2, 0.25) is 0 Å². The summed E-state index contributed by atoms with van der Waals surface area (Å²) < 4.78 is 0. The monoisotopic (exact) mass is 359 g/mol. The molecule has 0 amide bonds. The first kappa shape index (κ1) is 16.2.